The van der Waals surface area contributed by atoms with Crippen LogP contribution in [0.3, 0.4) is 0 Å². The molecule has 0 aliphatic rings. The summed E-state index contributed by atoms with van der Waals surface area (Å²) in [5, 5.41) is 0. The second-order valence-corrected chi connectivity index (χ2v) is 2.40. The lowest BCUT2D eigenvalue weighted by molar-refractivity contribution is 0.196. The summed E-state index contributed by atoms with van der Waals surface area (Å²) < 4.78 is 4.91. The van der Waals surface area contributed by atoms with E-state index in [-0.39, 0.29) is 0 Å². The minimum atomic E-state index is 0.885. The maximum atomic E-state index is 4.91. The Kier molecular flexibility index (Phi) is 8.44. The number of ether oxygens (including phenoxy) is 1. The van der Waals surface area contributed by atoms with Crippen molar-refractivity contribution >= 4 is 0 Å². The number of rotatable bonds is 6. The summed E-state index contributed by atoms with van der Waals surface area (Å²) in [6, 6.07) is 0. The van der Waals surface area contributed by atoms with Crippen LogP contribution in [0, 0.1) is 0 Å². The number of hydrogen-bond acceptors (Lipinski definition) is 1. The highest BCUT2D eigenvalue weighted by molar-refractivity contribution is 4.80. The molecule has 1 nitrogen and oxygen atoms in total. The van der Waals surface area contributed by atoms with Crippen molar-refractivity contribution in [3.8, 4) is 0 Å². The molecule has 0 N–H and O–H groups in total. The van der Waals surface area contributed by atoms with Crippen molar-refractivity contribution in [3.63, 3.8) is 0 Å². The monoisotopic (exact) mass is 142 g/mol. The molecule has 0 aromatic rings. The molecular weight excluding hydrogens is 124 g/mol. The van der Waals surface area contributed by atoms with Crippen molar-refractivity contribution in [2.24, 2.45) is 0 Å². The van der Waals surface area contributed by atoms with Gasteiger partial charge in [0.2, 0.25) is 0 Å². The molecule has 0 heterocycles. The van der Waals surface area contributed by atoms with Gasteiger partial charge < -0.3 is 4.74 Å². The number of methoxy groups -OCH3 is 1. The summed E-state index contributed by atoms with van der Waals surface area (Å²) >= 11 is 0. The topological polar surface area (TPSA) is 9.23 Å². The Hall–Kier alpha value is -0.300. The normalized spacial score (nSPS) is 11.0. The Bertz CT molecular complexity index is 76.8. The molecule has 0 amide bonds. The predicted octanol–water partition coefficient (Wildman–Crippen LogP) is 2.77. The highest BCUT2D eigenvalue weighted by atomic mass is 16.5. The minimum absolute atomic E-state index is 0.885. The SMILES string of the molecule is CCCC=CCCCOC. The van der Waals surface area contributed by atoms with Crippen LogP contribution in [0.5, 0.6) is 0 Å². The van der Waals surface area contributed by atoms with Crippen molar-refractivity contribution in [1.82, 2.24) is 0 Å². The summed E-state index contributed by atoms with van der Waals surface area (Å²) in [5.41, 5.74) is 0. The largest absolute Gasteiger partial charge is 0.385 e. The lowest BCUT2D eigenvalue weighted by atomic mass is 10.2. The van der Waals surface area contributed by atoms with Gasteiger partial charge in [-0.2, -0.15) is 0 Å². The summed E-state index contributed by atoms with van der Waals surface area (Å²) in [7, 11) is 1.75. The van der Waals surface area contributed by atoms with Gasteiger partial charge in [0, 0.05) is 13.7 Å². The van der Waals surface area contributed by atoms with Crippen LogP contribution in [0.4, 0.5) is 0 Å². The third-order valence-corrected chi connectivity index (χ3v) is 1.34. The van der Waals surface area contributed by atoms with E-state index in [1.165, 1.54) is 12.8 Å². The van der Waals surface area contributed by atoms with Crippen LogP contribution in [0.25, 0.3) is 0 Å². The molecule has 10 heavy (non-hydrogen) atoms. The second-order valence-electron chi connectivity index (χ2n) is 2.40. The van der Waals surface area contributed by atoms with E-state index in [4.69, 9.17) is 4.74 Å². The molecule has 0 radical (unpaired) electrons. The van der Waals surface area contributed by atoms with E-state index >= 15 is 0 Å². The third kappa shape index (κ3) is 7.70. The van der Waals surface area contributed by atoms with Crippen molar-refractivity contribution in [2.75, 3.05) is 13.7 Å². The highest BCUT2D eigenvalue weighted by Gasteiger charge is 1.80. The third-order valence-electron chi connectivity index (χ3n) is 1.34. The first-order valence-corrected chi connectivity index (χ1v) is 4.05. The zero-order valence-corrected chi connectivity index (χ0v) is 7.10. The van der Waals surface area contributed by atoms with E-state index in [9.17, 15) is 0 Å². The maximum absolute atomic E-state index is 4.91. The molecule has 0 aliphatic heterocycles. The van der Waals surface area contributed by atoms with Gasteiger partial charge in [0.1, 0.15) is 0 Å². The Morgan fingerprint density at radius 2 is 1.90 bits per heavy atom. The second kappa shape index (κ2) is 8.70. The van der Waals surface area contributed by atoms with E-state index in [1.54, 1.807) is 7.11 Å². The summed E-state index contributed by atoms with van der Waals surface area (Å²) in [6.45, 7) is 3.08. The smallest absolute Gasteiger partial charge is 0.0465 e. The van der Waals surface area contributed by atoms with Gasteiger partial charge >= 0.3 is 0 Å². The first-order valence-electron chi connectivity index (χ1n) is 4.05. The first-order chi connectivity index (χ1) is 4.91. The van der Waals surface area contributed by atoms with E-state index in [0.29, 0.717) is 0 Å². The minimum Gasteiger partial charge on any atom is -0.385 e. The lowest BCUT2D eigenvalue weighted by Crippen LogP contribution is -1.85. The Morgan fingerprint density at radius 1 is 1.20 bits per heavy atom. The molecule has 0 rings (SSSR count). The summed E-state index contributed by atoms with van der Waals surface area (Å²) in [5.74, 6) is 0. The van der Waals surface area contributed by atoms with E-state index in [1.807, 2.05) is 0 Å². The van der Waals surface area contributed by atoms with Gasteiger partial charge in [-0.05, 0) is 19.3 Å². The molecule has 0 fully saturated rings. The Balaban J connectivity index is 2.88. The predicted molar refractivity (Wildman–Crippen MR) is 45.2 cm³/mol. The molecule has 0 saturated carbocycles. The van der Waals surface area contributed by atoms with Gasteiger partial charge in [0.15, 0.2) is 0 Å². The molecule has 0 atom stereocenters. The van der Waals surface area contributed by atoms with Crippen molar-refractivity contribution < 1.29 is 4.74 Å². The van der Waals surface area contributed by atoms with Crippen LogP contribution < -0.4 is 0 Å². The van der Waals surface area contributed by atoms with Crippen molar-refractivity contribution in [1.29, 1.82) is 0 Å². The van der Waals surface area contributed by atoms with Gasteiger partial charge in [-0.1, -0.05) is 25.5 Å². The quantitative estimate of drug-likeness (QED) is 0.409. The standard InChI is InChI=1S/C9H18O/c1-3-4-5-6-7-8-9-10-2/h5-6H,3-4,7-9H2,1-2H3. The molecule has 0 aromatic carbocycles. The zero-order chi connectivity index (χ0) is 7.66. The van der Waals surface area contributed by atoms with Gasteiger partial charge in [-0.3, -0.25) is 0 Å². The molecular formula is C9H18O. The Labute approximate surface area is 64.1 Å². The van der Waals surface area contributed by atoms with Crippen LogP contribution in [-0.4, -0.2) is 13.7 Å². The molecule has 60 valence electrons. The highest BCUT2D eigenvalue weighted by Crippen LogP contribution is 1.94. The number of hydrogen-bond donors (Lipinski definition) is 0. The summed E-state index contributed by atoms with van der Waals surface area (Å²) in [6.07, 6.45) is 9.26. The van der Waals surface area contributed by atoms with Gasteiger partial charge in [0.25, 0.3) is 0 Å². The fourth-order valence-corrected chi connectivity index (χ4v) is 0.748. The van der Waals surface area contributed by atoms with Crippen molar-refractivity contribution in [2.45, 2.75) is 32.6 Å². The molecule has 0 unspecified atom stereocenters. The maximum Gasteiger partial charge on any atom is 0.0465 e. The van der Waals surface area contributed by atoms with Crippen LogP contribution in [0.2, 0.25) is 0 Å². The average molecular weight is 142 g/mol. The van der Waals surface area contributed by atoms with Gasteiger partial charge in [-0.25, -0.2) is 0 Å². The number of allylic oxidation sites excluding steroid dienone is 2. The van der Waals surface area contributed by atoms with E-state index in [2.05, 4.69) is 19.1 Å². The molecule has 0 aromatic heterocycles. The number of unbranched alkanes of at least 4 members (excludes halogenated alkanes) is 2. The van der Waals surface area contributed by atoms with Gasteiger partial charge in [-0.15, -0.1) is 0 Å². The van der Waals surface area contributed by atoms with Crippen LogP contribution in [-0.2, 0) is 4.74 Å². The molecule has 0 saturated heterocycles. The molecule has 1 heteroatoms. The molecule has 0 bridgehead atoms. The van der Waals surface area contributed by atoms with Gasteiger partial charge in [0.05, 0.1) is 0 Å². The van der Waals surface area contributed by atoms with Crippen LogP contribution in [0.15, 0.2) is 12.2 Å². The van der Waals surface area contributed by atoms with E-state index in [0.717, 1.165) is 19.4 Å². The zero-order valence-electron chi connectivity index (χ0n) is 7.10. The molecule has 0 spiro atoms. The van der Waals surface area contributed by atoms with E-state index < -0.39 is 0 Å². The molecule has 0 aliphatic carbocycles. The summed E-state index contributed by atoms with van der Waals surface area (Å²) in [4.78, 5) is 0. The fourth-order valence-electron chi connectivity index (χ4n) is 0.748. The first kappa shape index (κ1) is 9.70. The fraction of sp³-hybridized carbons (Fsp3) is 0.778. The van der Waals surface area contributed by atoms with Crippen LogP contribution >= 0.6 is 0 Å². The van der Waals surface area contributed by atoms with Crippen LogP contribution in [0.1, 0.15) is 32.6 Å². The Morgan fingerprint density at radius 3 is 2.50 bits per heavy atom. The van der Waals surface area contributed by atoms with Crippen molar-refractivity contribution in [3.05, 3.63) is 12.2 Å². The lowest BCUT2D eigenvalue weighted by Gasteiger charge is -1.92. The average Bonchev–Trinajstić information content (AvgIpc) is 1.97.